The molecule has 0 bridgehead atoms. The summed E-state index contributed by atoms with van der Waals surface area (Å²) in [6.45, 7) is 5.23. The van der Waals surface area contributed by atoms with Crippen molar-refractivity contribution in [2.24, 2.45) is 5.73 Å². The normalized spacial score (nSPS) is 11.0. The molecule has 0 spiro atoms. The van der Waals surface area contributed by atoms with Crippen LogP contribution in [0.3, 0.4) is 0 Å². The molecule has 0 aliphatic heterocycles. The lowest BCUT2D eigenvalue weighted by Crippen LogP contribution is -2.07. The first-order valence-electron chi connectivity index (χ1n) is 6.28. The monoisotopic (exact) mass is 261 g/mol. The molecule has 1 aromatic carbocycles. The van der Waals surface area contributed by atoms with Gasteiger partial charge >= 0.3 is 0 Å². The van der Waals surface area contributed by atoms with E-state index in [0.29, 0.717) is 4.99 Å². The Morgan fingerprint density at radius 1 is 1.28 bits per heavy atom. The largest absolute Gasteiger partial charge is 0.393 e. The molecule has 1 aromatic heterocycles. The standard InChI is InChI=1S/C14H19N3S/c1-10-7-12-13(8-11(10)2)17(9-16-12)6-4-3-5-14(15)18/h7-9H,3-6H2,1-2H3,(H2,15,18). The van der Waals surface area contributed by atoms with Crippen LogP contribution in [0.4, 0.5) is 0 Å². The molecular formula is C14H19N3S. The summed E-state index contributed by atoms with van der Waals surface area (Å²) in [4.78, 5) is 5.06. The minimum Gasteiger partial charge on any atom is -0.393 e. The van der Waals surface area contributed by atoms with Crippen LogP contribution in [0.1, 0.15) is 30.4 Å². The highest BCUT2D eigenvalue weighted by atomic mass is 32.1. The summed E-state index contributed by atoms with van der Waals surface area (Å²) in [6.07, 6.45) is 4.87. The number of hydrogen-bond donors (Lipinski definition) is 1. The second kappa shape index (κ2) is 5.48. The summed E-state index contributed by atoms with van der Waals surface area (Å²) in [6, 6.07) is 4.36. The molecule has 18 heavy (non-hydrogen) atoms. The fourth-order valence-corrected chi connectivity index (χ4v) is 2.22. The van der Waals surface area contributed by atoms with E-state index in [0.717, 1.165) is 31.3 Å². The summed E-state index contributed by atoms with van der Waals surface area (Å²) < 4.78 is 2.21. The number of benzene rings is 1. The van der Waals surface area contributed by atoms with Gasteiger partial charge in [0.05, 0.1) is 22.3 Å². The number of rotatable bonds is 5. The van der Waals surface area contributed by atoms with Gasteiger partial charge in [0, 0.05) is 6.54 Å². The summed E-state index contributed by atoms with van der Waals surface area (Å²) in [7, 11) is 0. The third kappa shape index (κ3) is 2.88. The molecule has 2 rings (SSSR count). The third-order valence-electron chi connectivity index (χ3n) is 3.31. The van der Waals surface area contributed by atoms with Crippen LogP contribution in [0, 0.1) is 13.8 Å². The highest BCUT2D eigenvalue weighted by Gasteiger charge is 2.04. The van der Waals surface area contributed by atoms with Crippen LogP contribution in [0.25, 0.3) is 11.0 Å². The molecule has 0 saturated carbocycles. The van der Waals surface area contributed by atoms with E-state index in [4.69, 9.17) is 18.0 Å². The number of nitrogens with zero attached hydrogens (tertiary/aromatic N) is 2. The molecule has 0 amide bonds. The van der Waals surface area contributed by atoms with Crippen molar-refractivity contribution in [2.75, 3.05) is 0 Å². The number of thiocarbonyl (C=S) groups is 1. The van der Waals surface area contributed by atoms with Crippen LogP contribution >= 0.6 is 12.2 Å². The van der Waals surface area contributed by atoms with Crippen LogP contribution in [-0.4, -0.2) is 14.5 Å². The average Bonchev–Trinajstić information content (AvgIpc) is 2.68. The lowest BCUT2D eigenvalue weighted by atomic mass is 10.1. The van der Waals surface area contributed by atoms with Gasteiger partial charge < -0.3 is 10.3 Å². The van der Waals surface area contributed by atoms with Gasteiger partial charge in [-0.3, -0.25) is 0 Å². The fourth-order valence-electron chi connectivity index (χ4n) is 2.07. The minimum absolute atomic E-state index is 0.608. The predicted molar refractivity (Wildman–Crippen MR) is 79.8 cm³/mol. The van der Waals surface area contributed by atoms with E-state index in [1.807, 2.05) is 6.33 Å². The van der Waals surface area contributed by atoms with Gasteiger partial charge in [-0.05, 0) is 56.4 Å². The zero-order chi connectivity index (χ0) is 13.1. The van der Waals surface area contributed by atoms with Crippen molar-refractivity contribution in [3.05, 3.63) is 29.6 Å². The Bertz CT molecular complexity index is 572. The van der Waals surface area contributed by atoms with Crippen LogP contribution in [0.15, 0.2) is 18.5 Å². The minimum atomic E-state index is 0.608. The Kier molecular flexibility index (Phi) is 3.97. The van der Waals surface area contributed by atoms with Crippen LogP contribution in [0.5, 0.6) is 0 Å². The molecule has 0 aliphatic rings. The molecule has 0 saturated heterocycles. The fraction of sp³-hybridized carbons (Fsp3) is 0.429. The Balaban J connectivity index is 2.09. The molecule has 0 aliphatic carbocycles. The summed E-state index contributed by atoms with van der Waals surface area (Å²) in [5, 5.41) is 0. The summed E-state index contributed by atoms with van der Waals surface area (Å²) in [5.74, 6) is 0. The van der Waals surface area contributed by atoms with Crippen molar-refractivity contribution in [1.29, 1.82) is 0 Å². The van der Waals surface area contributed by atoms with E-state index in [9.17, 15) is 0 Å². The van der Waals surface area contributed by atoms with Crippen molar-refractivity contribution in [1.82, 2.24) is 9.55 Å². The van der Waals surface area contributed by atoms with E-state index in [1.165, 1.54) is 16.6 Å². The van der Waals surface area contributed by atoms with Crippen molar-refractivity contribution in [2.45, 2.75) is 39.7 Å². The Labute approximate surface area is 113 Å². The summed E-state index contributed by atoms with van der Waals surface area (Å²) >= 11 is 4.88. The Hall–Kier alpha value is -1.42. The highest BCUT2D eigenvalue weighted by Crippen LogP contribution is 2.18. The number of unbranched alkanes of at least 4 members (excludes halogenated alkanes) is 1. The SMILES string of the molecule is Cc1cc2ncn(CCCCC(N)=S)c2cc1C. The number of fused-ring (bicyclic) bond motifs is 1. The number of aryl methyl sites for hydroxylation is 3. The second-order valence-electron chi connectivity index (χ2n) is 4.79. The zero-order valence-electron chi connectivity index (χ0n) is 10.9. The lowest BCUT2D eigenvalue weighted by molar-refractivity contribution is 0.632. The quantitative estimate of drug-likeness (QED) is 0.664. The maximum atomic E-state index is 5.49. The van der Waals surface area contributed by atoms with E-state index in [1.54, 1.807) is 0 Å². The van der Waals surface area contributed by atoms with Gasteiger partial charge in [-0.15, -0.1) is 0 Å². The van der Waals surface area contributed by atoms with Crippen molar-refractivity contribution in [3.63, 3.8) is 0 Å². The van der Waals surface area contributed by atoms with Crippen LogP contribution in [0.2, 0.25) is 0 Å². The molecule has 96 valence electrons. The predicted octanol–water partition coefficient (Wildman–Crippen LogP) is 3.11. The first-order valence-corrected chi connectivity index (χ1v) is 6.69. The molecule has 1 heterocycles. The first kappa shape index (κ1) is 13.0. The average molecular weight is 261 g/mol. The lowest BCUT2D eigenvalue weighted by Gasteiger charge is -2.05. The smallest absolute Gasteiger partial charge is 0.0958 e. The van der Waals surface area contributed by atoms with E-state index in [-0.39, 0.29) is 0 Å². The number of aromatic nitrogens is 2. The van der Waals surface area contributed by atoms with Gasteiger partial charge in [0.25, 0.3) is 0 Å². The molecule has 0 fully saturated rings. The highest BCUT2D eigenvalue weighted by molar-refractivity contribution is 7.80. The molecule has 2 aromatic rings. The molecule has 4 heteroatoms. The first-order chi connectivity index (χ1) is 8.58. The topological polar surface area (TPSA) is 43.8 Å². The Morgan fingerprint density at radius 2 is 2.00 bits per heavy atom. The van der Waals surface area contributed by atoms with Gasteiger partial charge in [-0.25, -0.2) is 4.98 Å². The number of imidazole rings is 1. The molecular weight excluding hydrogens is 242 g/mol. The zero-order valence-corrected chi connectivity index (χ0v) is 11.8. The van der Waals surface area contributed by atoms with Crippen LogP contribution in [-0.2, 0) is 6.54 Å². The van der Waals surface area contributed by atoms with Gasteiger partial charge in [0.15, 0.2) is 0 Å². The van der Waals surface area contributed by atoms with Gasteiger partial charge in [-0.2, -0.15) is 0 Å². The van der Waals surface area contributed by atoms with E-state index >= 15 is 0 Å². The molecule has 0 unspecified atom stereocenters. The Morgan fingerprint density at radius 3 is 2.72 bits per heavy atom. The summed E-state index contributed by atoms with van der Waals surface area (Å²) in [5.41, 5.74) is 10.4. The van der Waals surface area contributed by atoms with Crippen LogP contribution < -0.4 is 5.73 Å². The molecule has 0 atom stereocenters. The van der Waals surface area contributed by atoms with E-state index < -0.39 is 0 Å². The molecule has 3 nitrogen and oxygen atoms in total. The van der Waals surface area contributed by atoms with Gasteiger partial charge in [0.1, 0.15) is 0 Å². The van der Waals surface area contributed by atoms with Crippen molar-refractivity contribution in [3.8, 4) is 0 Å². The second-order valence-corrected chi connectivity index (χ2v) is 5.31. The number of nitrogens with two attached hydrogens (primary N) is 1. The van der Waals surface area contributed by atoms with Gasteiger partial charge in [-0.1, -0.05) is 12.2 Å². The molecule has 2 N–H and O–H groups in total. The number of hydrogen-bond acceptors (Lipinski definition) is 2. The molecule has 0 radical (unpaired) electrons. The van der Waals surface area contributed by atoms with Crippen molar-refractivity contribution < 1.29 is 0 Å². The van der Waals surface area contributed by atoms with Gasteiger partial charge in [0.2, 0.25) is 0 Å². The maximum absolute atomic E-state index is 5.49. The van der Waals surface area contributed by atoms with Crippen molar-refractivity contribution >= 4 is 28.2 Å². The third-order valence-corrected chi connectivity index (χ3v) is 3.51. The van der Waals surface area contributed by atoms with E-state index in [2.05, 4.69) is 35.5 Å². The maximum Gasteiger partial charge on any atom is 0.0958 e.